The van der Waals surface area contributed by atoms with Crippen molar-refractivity contribution in [3.8, 4) is 0 Å². The van der Waals surface area contributed by atoms with Gasteiger partial charge in [-0.1, -0.05) is 12.1 Å². The maximum atomic E-state index is 12.6. The molecule has 0 saturated carbocycles. The fourth-order valence-electron chi connectivity index (χ4n) is 1.77. The molecule has 0 radical (unpaired) electrons. The van der Waals surface area contributed by atoms with Gasteiger partial charge < -0.3 is 15.4 Å². The summed E-state index contributed by atoms with van der Waals surface area (Å²) in [5.74, 6) is -0.300. The second-order valence-electron chi connectivity index (χ2n) is 4.18. The second kappa shape index (κ2) is 5.14. The van der Waals surface area contributed by atoms with Crippen LogP contribution in [0, 0.1) is 5.82 Å². The molecule has 4 nitrogen and oxygen atoms in total. The Hall–Kier alpha value is -1.62. The van der Waals surface area contributed by atoms with Crippen molar-refractivity contribution < 1.29 is 13.9 Å². The largest absolute Gasteiger partial charge is 0.445 e. The summed E-state index contributed by atoms with van der Waals surface area (Å²) in [7, 11) is 0. The molecule has 0 aromatic heterocycles. The van der Waals surface area contributed by atoms with Gasteiger partial charge in [-0.2, -0.15) is 0 Å². The number of likely N-dealkylation sites (tertiary alicyclic amines) is 1. The number of carbonyl (C=O) groups excluding carboxylic acids is 1. The van der Waals surface area contributed by atoms with Gasteiger partial charge in [0.05, 0.1) is 0 Å². The predicted octanol–water partition coefficient (Wildman–Crippen LogP) is 1.50. The zero-order valence-corrected chi connectivity index (χ0v) is 9.43. The van der Waals surface area contributed by atoms with Crippen LogP contribution in [0.5, 0.6) is 0 Å². The number of nitrogens with zero attached hydrogens (tertiary/aromatic N) is 1. The minimum atomic E-state index is -0.359. The highest BCUT2D eigenvalue weighted by Gasteiger charge is 2.24. The third-order valence-corrected chi connectivity index (χ3v) is 2.76. The molecule has 1 aromatic rings. The lowest BCUT2D eigenvalue weighted by Crippen LogP contribution is -2.32. The minimum absolute atomic E-state index is 0.0494. The first-order chi connectivity index (χ1) is 8.15. The van der Waals surface area contributed by atoms with Crippen LogP contribution in [0.15, 0.2) is 24.3 Å². The molecule has 1 aromatic carbocycles. The molecule has 92 valence electrons. The Kier molecular flexibility index (Phi) is 3.58. The number of halogens is 1. The van der Waals surface area contributed by atoms with Crippen molar-refractivity contribution >= 4 is 6.09 Å². The molecular formula is C12H15FN2O2. The van der Waals surface area contributed by atoms with Crippen molar-refractivity contribution in [1.29, 1.82) is 0 Å². The van der Waals surface area contributed by atoms with Gasteiger partial charge in [-0.25, -0.2) is 9.18 Å². The van der Waals surface area contributed by atoms with E-state index in [0.717, 1.165) is 12.0 Å². The lowest BCUT2D eigenvalue weighted by atomic mass is 10.2. The van der Waals surface area contributed by atoms with Crippen molar-refractivity contribution in [2.24, 2.45) is 5.73 Å². The van der Waals surface area contributed by atoms with Crippen molar-refractivity contribution in [2.45, 2.75) is 19.1 Å². The predicted molar refractivity (Wildman–Crippen MR) is 60.8 cm³/mol. The van der Waals surface area contributed by atoms with E-state index in [2.05, 4.69) is 0 Å². The van der Waals surface area contributed by atoms with E-state index in [-0.39, 0.29) is 24.6 Å². The molecule has 1 fully saturated rings. The summed E-state index contributed by atoms with van der Waals surface area (Å²) in [5, 5.41) is 0. The summed E-state index contributed by atoms with van der Waals surface area (Å²) in [6.45, 7) is 1.34. The molecule has 1 aliphatic heterocycles. The molecule has 2 N–H and O–H groups in total. The first-order valence-electron chi connectivity index (χ1n) is 5.57. The van der Waals surface area contributed by atoms with Gasteiger partial charge in [0.15, 0.2) is 0 Å². The molecular weight excluding hydrogens is 223 g/mol. The van der Waals surface area contributed by atoms with Crippen LogP contribution in [0.25, 0.3) is 0 Å². The van der Waals surface area contributed by atoms with Crippen molar-refractivity contribution in [2.75, 3.05) is 13.1 Å². The normalized spacial score (nSPS) is 19.4. The molecule has 1 saturated heterocycles. The lowest BCUT2D eigenvalue weighted by Gasteiger charge is -2.15. The molecule has 1 atom stereocenters. The fourth-order valence-corrected chi connectivity index (χ4v) is 1.77. The Morgan fingerprint density at radius 3 is 2.76 bits per heavy atom. The van der Waals surface area contributed by atoms with Crippen LogP contribution in [0.2, 0.25) is 0 Å². The van der Waals surface area contributed by atoms with Crippen molar-refractivity contribution in [3.63, 3.8) is 0 Å². The van der Waals surface area contributed by atoms with E-state index in [1.165, 1.54) is 12.1 Å². The SMILES string of the molecule is NC1CCN(C(=O)OCc2ccc(F)cc2)C1. The maximum absolute atomic E-state index is 12.6. The zero-order chi connectivity index (χ0) is 12.3. The van der Waals surface area contributed by atoms with Gasteiger partial charge in [-0.15, -0.1) is 0 Å². The molecule has 1 heterocycles. The highest BCUT2D eigenvalue weighted by atomic mass is 19.1. The third-order valence-electron chi connectivity index (χ3n) is 2.76. The van der Waals surface area contributed by atoms with Gasteiger partial charge in [-0.3, -0.25) is 0 Å². The summed E-state index contributed by atoms with van der Waals surface area (Å²) in [6.07, 6.45) is 0.452. The smallest absolute Gasteiger partial charge is 0.410 e. The summed E-state index contributed by atoms with van der Waals surface area (Å²) >= 11 is 0. The monoisotopic (exact) mass is 238 g/mol. The Morgan fingerprint density at radius 1 is 1.47 bits per heavy atom. The van der Waals surface area contributed by atoms with Crippen LogP contribution in [0.3, 0.4) is 0 Å². The number of ether oxygens (including phenoxy) is 1. The highest BCUT2D eigenvalue weighted by molar-refractivity contribution is 5.68. The van der Waals surface area contributed by atoms with Crippen molar-refractivity contribution in [1.82, 2.24) is 4.90 Å². The first-order valence-corrected chi connectivity index (χ1v) is 5.57. The Labute approximate surface area is 99.2 Å². The molecule has 1 aliphatic rings. The van der Waals surface area contributed by atoms with Crippen LogP contribution < -0.4 is 5.73 Å². The third kappa shape index (κ3) is 3.17. The topological polar surface area (TPSA) is 55.6 Å². The number of rotatable bonds is 2. The van der Waals surface area contributed by atoms with E-state index >= 15 is 0 Å². The Morgan fingerprint density at radius 2 is 2.18 bits per heavy atom. The number of benzene rings is 1. The average molecular weight is 238 g/mol. The molecule has 0 bridgehead atoms. The number of carbonyl (C=O) groups is 1. The van der Waals surface area contributed by atoms with Crippen LogP contribution in [-0.2, 0) is 11.3 Å². The second-order valence-corrected chi connectivity index (χ2v) is 4.18. The van der Waals surface area contributed by atoms with E-state index in [4.69, 9.17) is 10.5 Å². The summed E-state index contributed by atoms with van der Waals surface area (Å²) < 4.78 is 17.8. The summed E-state index contributed by atoms with van der Waals surface area (Å²) in [4.78, 5) is 13.2. The van der Waals surface area contributed by atoms with E-state index in [1.807, 2.05) is 0 Å². The zero-order valence-electron chi connectivity index (χ0n) is 9.43. The lowest BCUT2D eigenvalue weighted by molar-refractivity contribution is 0.104. The molecule has 17 heavy (non-hydrogen) atoms. The van der Waals surface area contributed by atoms with E-state index < -0.39 is 0 Å². The molecule has 1 amide bonds. The quantitative estimate of drug-likeness (QED) is 0.849. The molecule has 0 aliphatic carbocycles. The van der Waals surface area contributed by atoms with Gasteiger partial charge in [0.25, 0.3) is 0 Å². The van der Waals surface area contributed by atoms with Crippen LogP contribution in [0.4, 0.5) is 9.18 Å². The van der Waals surface area contributed by atoms with Gasteiger partial charge in [0, 0.05) is 19.1 Å². The molecule has 0 spiro atoms. The number of hydrogen-bond donors (Lipinski definition) is 1. The molecule has 5 heteroatoms. The van der Waals surface area contributed by atoms with Crippen LogP contribution in [0.1, 0.15) is 12.0 Å². The molecule has 2 rings (SSSR count). The van der Waals surface area contributed by atoms with E-state index in [9.17, 15) is 9.18 Å². The number of hydrogen-bond acceptors (Lipinski definition) is 3. The van der Waals surface area contributed by atoms with Crippen LogP contribution >= 0.6 is 0 Å². The number of nitrogens with two attached hydrogens (primary N) is 1. The highest BCUT2D eigenvalue weighted by Crippen LogP contribution is 2.10. The van der Waals surface area contributed by atoms with Crippen molar-refractivity contribution in [3.05, 3.63) is 35.6 Å². The fraction of sp³-hybridized carbons (Fsp3) is 0.417. The average Bonchev–Trinajstić information content (AvgIpc) is 2.75. The minimum Gasteiger partial charge on any atom is -0.445 e. The van der Waals surface area contributed by atoms with E-state index in [0.29, 0.717) is 13.1 Å². The Balaban J connectivity index is 1.82. The Bertz CT molecular complexity index is 394. The summed E-state index contributed by atoms with van der Waals surface area (Å²) in [5.41, 5.74) is 6.46. The first kappa shape index (κ1) is 11.9. The van der Waals surface area contributed by atoms with Gasteiger partial charge in [0.2, 0.25) is 0 Å². The summed E-state index contributed by atoms with van der Waals surface area (Å²) in [6, 6.07) is 5.92. The maximum Gasteiger partial charge on any atom is 0.410 e. The standard InChI is InChI=1S/C12H15FN2O2/c13-10-3-1-9(2-4-10)8-17-12(16)15-6-5-11(14)7-15/h1-4,11H,5-8,14H2. The number of amides is 1. The van der Waals surface area contributed by atoms with Gasteiger partial charge in [-0.05, 0) is 24.1 Å². The van der Waals surface area contributed by atoms with E-state index in [1.54, 1.807) is 17.0 Å². The van der Waals surface area contributed by atoms with Crippen LogP contribution in [-0.4, -0.2) is 30.1 Å². The molecule has 1 unspecified atom stereocenters. The van der Waals surface area contributed by atoms with Gasteiger partial charge in [0.1, 0.15) is 12.4 Å². The van der Waals surface area contributed by atoms with Gasteiger partial charge >= 0.3 is 6.09 Å².